The lowest BCUT2D eigenvalue weighted by Crippen LogP contribution is -2.52. The van der Waals surface area contributed by atoms with Crippen LogP contribution in [0.5, 0.6) is 0 Å². The summed E-state index contributed by atoms with van der Waals surface area (Å²) in [4.78, 5) is 12.0. The number of rotatable bonds is 3. The molecule has 2 aliphatic rings. The lowest BCUT2D eigenvalue weighted by molar-refractivity contribution is -0.123. The lowest BCUT2D eigenvalue weighted by atomic mass is 9.77. The Morgan fingerprint density at radius 1 is 1.19 bits per heavy atom. The van der Waals surface area contributed by atoms with Crippen LogP contribution < -0.4 is 5.32 Å². The first kappa shape index (κ1) is 12.1. The third-order valence-electron chi connectivity index (χ3n) is 4.15. The van der Waals surface area contributed by atoms with Gasteiger partial charge in [-0.3, -0.25) is 4.79 Å². The smallest absolute Gasteiger partial charge is 0.150 e. The van der Waals surface area contributed by atoms with Crippen molar-refractivity contribution in [2.75, 3.05) is 0 Å². The fraction of sp³-hybridized carbons (Fsp3) is 0.929. The monoisotopic (exact) mass is 223 g/mol. The summed E-state index contributed by atoms with van der Waals surface area (Å²) in [6, 6.07) is 0.811. The predicted molar refractivity (Wildman–Crippen MR) is 66.4 cm³/mol. The highest BCUT2D eigenvalue weighted by atomic mass is 16.1. The van der Waals surface area contributed by atoms with E-state index in [-0.39, 0.29) is 6.04 Å². The van der Waals surface area contributed by atoms with Crippen molar-refractivity contribution in [3.8, 4) is 0 Å². The summed E-state index contributed by atoms with van der Waals surface area (Å²) in [5.41, 5.74) is 0. The Morgan fingerprint density at radius 2 is 1.94 bits per heavy atom. The van der Waals surface area contributed by atoms with E-state index in [1.807, 2.05) is 0 Å². The Bertz CT molecular complexity index is 249. The summed E-state index contributed by atoms with van der Waals surface area (Å²) in [6.45, 7) is 4.26. The molecule has 0 radical (unpaired) electrons. The van der Waals surface area contributed by atoms with E-state index in [4.69, 9.17) is 0 Å². The van der Waals surface area contributed by atoms with E-state index < -0.39 is 0 Å². The number of hydrogen-bond donors (Lipinski definition) is 1. The highest BCUT2D eigenvalue weighted by Crippen LogP contribution is 2.32. The molecule has 1 heterocycles. The number of piperidine rings is 1. The first-order chi connectivity index (χ1) is 7.66. The first-order valence-corrected chi connectivity index (χ1v) is 6.95. The lowest BCUT2D eigenvalue weighted by Gasteiger charge is -2.40. The minimum absolute atomic E-state index is 0.168. The molecule has 2 rings (SSSR count). The molecule has 3 atom stereocenters. The summed E-state index contributed by atoms with van der Waals surface area (Å²) in [5.74, 6) is 1.80. The molecule has 0 aromatic rings. The first-order valence-electron chi connectivity index (χ1n) is 6.95. The van der Waals surface area contributed by atoms with Crippen LogP contribution in [0.15, 0.2) is 0 Å². The molecular formula is C14H25NO. The van der Waals surface area contributed by atoms with Gasteiger partial charge in [0.2, 0.25) is 0 Å². The number of carbonyl (C=O) groups excluding carboxylic acids is 1. The quantitative estimate of drug-likeness (QED) is 0.797. The molecule has 1 aliphatic carbocycles. The average Bonchev–Trinajstić information content (AvgIpc) is 2.27. The van der Waals surface area contributed by atoms with Crippen LogP contribution in [-0.2, 0) is 4.79 Å². The molecule has 16 heavy (non-hydrogen) atoms. The van der Waals surface area contributed by atoms with Crippen LogP contribution in [0.4, 0.5) is 0 Å². The van der Waals surface area contributed by atoms with Gasteiger partial charge >= 0.3 is 0 Å². The molecule has 0 aromatic heterocycles. The van der Waals surface area contributed by atoms with Gasteiger partial charge in [-0.2, -0.15) is 0 Å². The van der Waals surface area contributed by atoms with E-state index in [1.54, 1.807) is 0 Å². The maximum atomic E-state index is 12.0. The summed E-state index contributed by atoms with van der Waals surface area (Å²) < 4.78 is 0. The second-order valence-electron chi connectivity index (χ2n) is 6.01. The minimum Gasteiger partial charge on any atom is -0.304 e. The zero-order valence-electron chi connectivity index (χ0n) is 10.7. The predicted octanol–water partition coefficient (Wildman–Crippen LogP) is 2.91. The Kier molecular flexibility index (Phi) is 4.01. The molecule has 0 bridgehead atoms. The second kappa shape index (κ2) is 5.31. The van der Waals surface area contributed by atoms with Gasteiger partial charge in [0.05, 0.1) is 6.04 Å². The van der Waals surface area contributed by atoms with Crippen molar-refractivity contribution in [3.05, 3.63) is 0 Å². The van der Waals surface area contributed by atoms with Gasteiger partial charge < -0.3 is 5.32 Å². The van der Waals surface area contributed by atoms with E-state index in [9.17, 15) is 4.79 Å². The van der Waals surface area contributed by atoms with Crippen molar-refractivity contribution in [2.24, 2.45) is 11.8 Å². The van der Waals surface area contributed by atoms with Crippen LogP contribution in [0.2, 0.25) is 0 Å². The highest BCUT2D eigenvalue weighted by Gasteiger charge is 2.34. The molecule has 1 saturated carbocycles. The maximum Gasteiger partial charge on any atom is 0.150 e. The third kappa shape index (κ3) is 2.85. The number of hydrogen-bond acceptors (Lipinski definition) is 2. The molecule has 2 heteroatoms. The Labute approximate surface area is 99.2 Å². The van der Waals surface area contributed by atoms with E-state index in [0.29, 0.717) is 17.7 Å². The molecule has 1 saturated heterocycles. The molecule has 0 spiro atoms. The summed E-state index contributed by atoms with van der Waals surface area (Å²) in [5, 5.41) is 3.61. The van der Waals surface area contributed by atoms with Gasteiger partial charge in [-0.25, -0.2) is 0 Å². The average molecular weight is 223 g/mol. The normalized spacial score (nSPS) is 34.8. The topological polar surface area (TPSA) is 29.1 Å². The molecular weight excluding hydrogens is 198 g/mol. The van der Waals surface area contributed by atoms with Gasteiger partial charge in [-0.15, -0.1) is 0 Å². The molecule has 0 unspecified atom stereocenters. The fourth-order valence-electron chi connectivity index (χ4n) is 3.29. The fourth-order valence-corrected chi connectivity index (χ4v) is 3.29. The van der Waals surface area contributed by atoms with Gasteiger partial charge in [0.1, 0.15) is 5.78 Å². The van der Waals surface area contributed by atoms with Crippen molar-refractivity contribution in [3.63, 3.8) is 0 Å². The van der Waals surface area contributed by atoms with Crippen molar-refractivity contribution in [1.29, 1.82) is 0 Å². The van der Waals surface area contributed by atoms with Gasteiger partial charge in [-0.1, -0.05) is 26.7 Å². The summed E-state index contributed by atoms with van der Waals surface area (Å²) in [6.07, 6.45) is 8.50. The third-order valence-corrected chi connectivity index (χ3v) is 4.15. The number of Topliss-reactive ketones (excluding diaryl/α,β-unsaturated/α-hetero) is 1. The molecule has 1 N–H and O–H groups in total. The summed E-state index contributed by atoms with van der Waals surface area (Å²) >= 11 is 0. The molecule has 1 aliphatic heterocycles. The second-order valence-corrected chi connectivity index (χ2v) is 6.01. The molecule has 2 nitrogen and oxygen atoms in total. The van der Waals surface area contributed by atoms with E-state index in [1.165, 1.54) is 32.1 Å². The number of ketones is 1. The van der Waals surface area contributed by atoms with Gasteiger partial charge in [0, 0.05) is 12.5 Å². The highest BCUT2D eigenvalue weighted by molar-refractivity contribution is 5.84. The Hall–Kier alpha value is -0.370. The van der Waals surface area contributed by atoms with E-state index in [0.717, 1.165) is 18.8 Å². The van der Waals surface area contributed by atoms with Gasteiger partial charge in [-0.05, 0) is 37.5 Å². The van der Waals surface area contributed by atoms with Gasteiger partial charge in [0.25, 0.3) is 0 Å². The van der Waals surface area contributed by atoms with Crippen molar-refractivity contribution < 1.29 is 4.79 Å². The molecule has 0 amide bonds. The number of fused-ring (bicyclic) bond motifs is 1. The Balaban J connectivity index is 1.87. The van der Waals surface area contributed by atoms with Crippen LogP contribution in [0, 0.1) is 11.8 Å². The zero-order valence-corrected chi connectivity index (χ0v) is 10.7. The number of nitrogens with one attached hydrogen (secondary N) is 1. The minimum atomic E-state index is 0.168. The van der Waals surface area contributed by atoms with Crippen LogP contribution in [0.1, 0.15) is 58.8 Å². The van der Waals surface area contributed by atoms with Crippen LogP contribution >= 0.6 is 0 Å². The Morgan fingerprint density at radius 3 is 2.69 bits per heavy atom. The molecule has 0 aromatic carbocycles. The molecule has 92 valence electrons. The van der Waals surface area contributed by atoms with Crippen LogP contribution in [0.25, 0.3) is 0 Å². The van der Waals surface area contributed by atoms with Crippen molar-refractivity contribution >= 4 is 5.78 Å². The standard InChI is InChI=1S/C14H25NO/c1-10(2)9-14(16)13-8-7-11-5-3-4-6-12(11)15-13/h10-13,15H,3-9H2,1-2H3/t11-,12-,13-/m1/s1. The van der Waals surface area contributed by atoms with E-state index >= 15 is 0 Å². The SMILES string of the molecule is CC(C)CC(=O)[C@H]1CC[C@H]2CCCC[C@H]2N1. The molecule has 2 fully saturated rings. The van der Waals surface area contributed by atoms with Crippen LogP contribution in [0.3, 0.4) is 0 Å². The zero-order chi connectivity index (χ0) is 11.5. The van der Waals surface area contributed by atoms with Crippen LogP contribution in [-0.4, -0.2) is 17.9 Å². The number of carbonyl (C=O) groups is 1. The largest absolute Gasteiger partial charge is 0.304 e. The van der Waals surface area contributed by atoms with Crippen molar-refractivity contribution in [1.82, 2.24) is 5.32 Å². The van der Waals surface area contributed by atoms with E-state index in [2.05, 4.69) is 19.2 Å². The maximum absolute atomic E-state index is 12.0. The van der Waals surface area contributed by atoms with Gasteiger partial charge in [0.15, 0.2) is 0 Å². The van der Waals surface area contributed by atoms with Crippen molar-refractivity contribution in [2.45, 2.75) is 70.9 Å². The summed E-state index contributed by atoms with van der Waals surface area (Å²) in [7, 11) is 0.